The first-order valence-electron chi connectivity index (χ1n) is 4.57. The van der Waals surface area contributed by atoms with Gasteiger partial charge < -0.3 is 10.8 Å². The molecule has 0 saturated carbocycles. The molecule has 3 heteroatoms. The second-order valence-electron chi connectivity index (χ2n) is 3.31. The smallest absolute Gasteiger partial charge is 0.124 e. The van der Waals surface area contributed by atoms with E-state index in [2.05, 4.69) is 0 Å². The number of nitrogens with two attached hydrogens (primary N) is 1. The van der Waals surface area contributed by atoms with Gasteiger partial charge in [0, 0.05) is 5.56 Å². The van der Waals surface area contributed by atoms with Gasteiger partial charge in [-0.3, -0.25) is 0 Å². The summed E-state index contributed by atoms with van der Waals surface area (Å²) >= 11 is 0. The summed E-state index contributed by atoms with van der Waals surface area (Å²) in [5.74, 6) is 0.135. The van der Waals surface area contributed by atoms with Gasteiger partial charge in [-0.2, -0.15) is 5.26 Å². The zero-order valence-corrected chi connectivity index (χ0v) is 8.41. The zero-order valence-electron chi connectivity index (χ0n) is 8.41. The van der Waals surface area contributed by atoms with Crippen LogP contribution in [-0.2, 0) is 6.42 Å². The summed E-state index contributed by atoms with van der Waals surface area (Å²) in [4.78, 5) is 0. The molecule has 0 fully saturated rings. The van der Waals surface area contributed by atoms with E-state index in [9.17, 15) is 5.11 Å². The molecule has 0 heterocycles. The summed E-state index contributed by atoms with van der Waals surface area (Å²) < 4.78 is 0. The molecule has 0 bridgehead atoms. The molecule has 0 aliphatic heterocycles. The fraction of sp³-hybridized carbons (Fsp3) is 0.364. The average Bonchev–Trinajstić information content (AvgIpc) is 2.20. The molecule has 3 N–H and O–H groups in total. The highest BCUT2D eigenvalue weighted by Crippen LogP contribution is 2.28. The number of benzene rings is 1. The lowest BCUT2D eigenvalue weighted by atomic mass is 9.99. The van der Waals surface area contributed by atoms with Crippen molar-refractivity contribution in [2.75, 3.05) is 0 Å². The Morgan fingerprint density at radius 2 is 2.21 bits per heavy atom. The predicted molar refractivity (Wildman–Crippen MR) is 54.8 cm³/mol. The van der Waals surface area contributed by atoms with Crippen LogP contribution in [0.3, 0.4) is 0 Å². The molecule has 0 saturated heterocycles. The monoisotopic (exact) mass is 190 g/mol. The Labute approximate surface area is 83.8 Å². The summed E-state index contributed by atoms with van der Waals surface area (Å²) in [6, 6.07) is 4.86. The van der Waals surface area contributed by atoms with Gasteiger partial charge in [-0.05, 0) is 30.5 Å². The quantitative estimate of drug-likeness (QED) is 0.746. The third-order valence-electron chi connectivity index (χ3n) is 2.27. The first kappa shape index (κ1) is 10.6. The van der Waals surface area contributed by atoms with Gasteiger partial charge in [0.25, 0.3) is 0 Å². The minimum Gasteiger partial charge on any atom is -0.507 e. The molecular weight excluding hydrogens is 176 g/mol. The number of nitriles is 1. The van der Waals surface area contributed by atoms with Gasteiger partial charge in [0.15, 0.2) is 0 Å². The number of phenols is 1. The van der Waals surface area contributed by atoms with E-state index in [4.69, 9.17) is 11.0 Å². The molecule has 1 aromatic carbocycles. The molecule has 14 heavy (non-hydrogen) atoms. The first-order valence-corrected chi connectivity index (χ1v) is 4.57. The Bertz CT molecular complexity index is 380. The highest BCUT2D eigenvalue weighted by Gasteiger charge is 2.12. The molecule has 0 radical (unpaired) electrons. The minimum absolute atomic E-state index is 0.135. The van der Waals surface area contributed by atoms with Crippen LogP contribution in [0, 0.1) is 18.3 Å². The van der Waals surface area contributed by atoms with Crippen LogP contribution in [0.5, 0.6) is 5.75 Å². The van der Waals surface area contributed by atoms with E-state index in [0.29, 0.717) is 5.56 Å². The molecule has 0 spiro atoms. The zero-order chi connectivity index (χ0) is 10.7. The molecule has 0 amide bonds. The molecule has 1 aromatic rings. The van der Waals surface area contributed by atoms with Crippen molar-refractivity contribution in [3.63, 3.8) is 0 Å². The molecule has 0 unspecified atom stereocenters. The van der Waals surface area contributed by atoms with Crippen molar-refractivity contribution in [3.05, 3.63) is 28.8 Å². The SMILES string of the molecule is CCc1cc(C)c(O)c([C@H](N)C#N)c1. The highest BCUT2D eigenvalue weighted by molar-refractivity contribution is 5.46. The number of nitrogens with zero attached hydrogens (tertiary/aromatic N) is 1. The standard InChI is InChI=1S/C11H14N2O/c1-3-8-4-7(2)11(14)9(5-8)10(13)6-12/h4-5,10,14H,3,13H2,1-2H3/t10-/m1/s1. The van der Waals surface area contributed by atoms with Crippen molar-refractivity contribution in [2.24, 2.45) is 5.73 Å². The van der Waals surface area contributed by atoms with Crippen molar-refractivity contribution < 1.29 is 5.11 Å². The van der Waals surface area contributed by atoms with Crippen LogP contribution < -0.4 is 5.73 Å². The third-order valence-corrected chi connectivity index (χ3v) is 2.27. The van der Waals surface area contributed by atoms with Crippen LogP contribution in [0.15, 0.2) is 12.1 Å². The Morgan fingerprint density at radius 1 is 1.57 bits per heavy atom. The summed E-state index contributed by atoms with van der Waals surface area (Å²) in [7, 11) is 0. The second-order valence-corrected chi connectivity index (χ2v) is 3.31. The lowest BCUT2D eigenvalue weighted by molar-refractivity contribution is 0.461. The Kier molecular flexibility index (Phi) is 3.10. The van der Waals surface area contributed by atoms with Gasteiger partial charge in [0.2, 0.25) is 0 Å². The fourth-order valence-corrected chi connectivity index (χ4v) is 1.39. The minimum atomic E-state index is -0.750. The van der Waals surface area contributed by atoms with E-state index in [1.165, 1.54) is 0 Å². The van der Waals surface area contributed by atoms with Gasteiger partial charge in [-0.25, -0.2) is 0 Å². The van der Waals surface area contributed by atoms with Crippen LogP contribution in [-0.4, -0.2) is 5.11 Å². The molecule has 1 atom stereocenters. The number of phenolic OH excluding ortho intramolecular Hbond substituents is 1. The van der Waals surface area contributed by atoms with E-state index in [0.717, 1.165) is 17.5 Å². The molecular formula is C11H14N2O. The molecule has 0 aromatic heterocycles. The van der Waals surface area contributed by atoms with E-state index >= 15 is 0 Å². The molecule has 0 aliphatic rings. The molecule has 74 valence electrons. The fourth-order valence-electron chi connectivity index (χ4n) is 1.39. The van der Waals surface area contributed by atoms with Gasteiger partial charge in [0.1, 0.15) is 11.8 Å². The Morgan fingerprint density at radius 3 is 2.71 bits per heavy atom. The maximum atomic E-state index is 9.69. The molecule has 3 nitrogen and oxygen atoms in total. The van der Waals surface area contributed by atoms with E-state index in [1.807, 2.05) is 26.0 Å². The second kappa shape index (κ2) is 4.12. The maximum absolute atomic E-state index is 9.69. The topological polar surface area (TPSA) is 70.0 Å². The van der Waals surface area contributed by atoms with Crippen molar-refractivity contribution in [3.8, 4) is 11.8 Å². The third kappa shape index (κ3) is 1.86. The predicted octanol–water partition coefficient (Wildman–Crippen LogP) is 1.79. The normalized spacial score (nSPS) is 12.1. The van der Waals surface area contributed by atoms with Crippen molar-refractivity contribution >= 4 is 0 Å². The Balaban J connectivity index is 3.28. The summed E-state index contributed by atoms with van der Waals surface area (Å²) in [5, 5.41) is 18.4. The van der Waals surface area contributed by atoms with E-state index < -0.39 is 6.04 Å². The lowest BCUT2D eigenvalue weighted by Crippen LogP contribution is -2.08. The maximum Gasteiger partial charge on any atom is 0.124 e. The van der Waals surface area contributed by atoms with Crippen LogP contribution in [0.2, 0.25) is 0 Å². The largest absolute Gasteiger partial charge is 0.507 e. The summed E-state index contributed by atoms with van der Waals surface area (Å²) in [5.41, 5.74) is 7.94. The average molecular weight is 190 g/mol. The van der Waals surface area contributed by atoms with Crippen LogP contribution in [0.25, 0.3) is 0 Å². The highest BCUT2D eigenvalue weighted by atomic mass is 16.3. The first-order chi connectivity index (χ1) is 6.60. The molecule has 1 rings (SSSR count). The number of aromatic hydroxyl groups is 1. The number of rotatable bonds is 2. The van der Waals surface area contributed by atoms with Gasteiger partial charge in [0.05, 0.1) is 6.07 Å². The van der Waals surface area contributed by atoms with Crippen molar-refractivity contribution in [2.45, 2.75) is 26.3 Å². The van der Waals surface area contributed by atoms with Crippen LogP contribution in [0.1, 0.15) is 29.7 Å². The van der Waals surface area contributed by atoms with E-state index in [1.54, 1.807) is 6.07 Å². The van der Waals surface area contributed by atoms with Gasteiger partial charge in [-0.1, -0.05) is 13.0 Å². The van der Waals surface area contributed by atoms with Crippen LogP contribution in [0.4, 0.5) is 0 Å². The number of hydrogen-bond donors (Lipinski definition) is 2. The Hall–Kier alpha value is -1.53. The van der Waals surface area contributed by atoms with Gasteiger partial charge in [-0.15, -0.1) is 0 Å². The van der Waals surface area contributed by atoms with E-state index in [-0.39, 0.29) is 5.75 Å². The van der Waals surface area contributed by atoms with Crippen LogP contribution >= 0.6 is 0 Å². The van der Waals surface area contributed by atoms with Crippen molar-refractivity contribution in [1.29, 1.82) is 5.26 Å². The summed E-state index contributed by atoms with van der Waals surface area (Å²) in [6.07, 6.45) is 0.867. The number of hydrogen-bond acceptors (Lipinski definition) is 3. The number of aryl methyl sites for hydroxylation is 2. The van der Waals surface area contributed by atoms with Gasteiger partial charge >= 0.3 is 0 Å². The molecule has 0 aliphatic carbocycles. The summed E-state index contributed by atoms with van der Waals surface area (Å²) in [6.45, 7) is 3.83. The lowest BCUT2D eigenvalue weighted by Gasteiger charge is -2.11. The van der Waals surface area contributed by atoms with Crippen molar-refractivity contribution in [1.82, 2.24) is 0 Å².